The zero-order valence-electron chi connectivity index (χ0n) is 14.0. The molecule has 2 heterocycles. The van der Waals surface area contributed by atoms with Gasteiger partial charge in [-0.3, -0.25) is 4.79 Å². The van der Waals surface area contributed by atoms with E-state index in [9.17, 15) is 4.79 Å². The monoisotopic (exact) mass is 329 g/mol. The van der Waals surface area contributed by atoms with E-state index >= 15 is 0 Å². The van der Waals surface area contributed by atoms with Crippen LogP contribution in [0.2, 0.25) is 0 Å². The third kappa shape index (κ3) is 3.76. The van der Waals surface area contributed by atoms with E-state index in [1.807, 2.05) is 19.2 Å². The van der Waals surface area contributed by atoms with Crippen LogP contribution in [0, 0.1) is 6.92 Å². The standard InChI is InChI=1S/C18H23N3O3/c1-12-9-21-10-15(6-7-17(21)19-12)20-18(23)13(2)24-16-5-3-4-14(8-16)11-22/h3-5,8-9,13,15,22H,6-7,10-11H2,1-2H3,(H,20,23). The lowest BCUT2D eigenvalue weighted by atomic mass is 10.1. The van der Waals surface area contributed by atoms with Crippen molar-refractivity contribution in [1.82, 2.24) is 14.9 Å². The largest absolute Gasteiger partial charge is 0.481 e. The van der Waals surface area contributed by atoms with E-state index in [-0.39, 0.29) is 18.6 Å². The van der Waals surface area contributed by atoms with Crippen LogP contribution in [0.15, 0.2) is 30.5 Å². The second-order valence-corrected chi connectivity index (χ2v) is 6.26. The predicted octanol–water partition coefficient (Wildman–Crippen LogP) is 1.58. The number of amides is 1. The first-order valence-electron chi connectivity index (χ1n) is 8.24. The maximum atomic E-state index is 12.4. The van der Waals surface area contributed by atoms with Crippen LogP contribution in [0.5, 0.6) is 5.75 Å². The number of carbonyl (C=O) groups is 1. The number of nitrogens with zero attached hydrogens (tertiary/aromatic N) is 2. The number of benzene rings is 1. The van der Waals surface area contributed by atoms with E-state index in [0.29, 0.717) is 5.75 Å². The predicted molar refractivity (Wildman–Crippen MR) is 89.7 cm³/mol. The first kappa shape index (κ1) is 16.5. The number of aromatic nitrogens is 2. The quantitative estimate of drug-likeness (QED) is 0.873. The van der Waals surface area contributed by atoms with Crippen molar-refractivity contribution < 1.29 is 14.6 Å². The molecule has 0 aliphatic carbocycles. The zero-order chi connectivity index (χ0) is 17.1. The Labute approximate surface area is 141 Å². The third-order valence-electron chi connectivity index (χ3n) is 4.22. The molecule has 1 aromatic carbocycles. The first-order valence-corrected chi connectivity index (χ1v) is 8.24. The van der Waals surface area contributed by atoms with Gasteiger partial charge in [0, 0.05) is 25.2 Å². The lowest BCUT2D eigenvalue weighted by Crippen LogP contribution is -2.46. The molecule has 0 bridgehead atoms. The van der Waals surface area contributed by atoms with Gasteiger partial charge in [0.05, 0.1) is 12.3 Å². The number of aliphatic hydroxyl groups excluding tert-OH is 1. The van der Waals surface area contributed by atoms with Crippen molar-refractivity contribution in [3.05, 3.63) is 47.5 Å². The highest BCUT2D eigenvalue weighted by Gasteiger charge is 2.24. The summed E-state index contributed by atoms with van der Waals surface area (Å²) in [5.74, 6) is 1.54. The summed E-state index contributed by atoms with van der Waals surface area (Å²) in [6.07, 6.45) is 3.18. The van der Waals surface area contributed by atoms with E-state index in [1.54, 1.807) is 25.1 Å². The molecule has 0 saturated carbocycles. The number of aryl methyl sites for hydroxylation is 2. The van der Waals surface area contributed by atoms with E-state index in [0.717, 1.165) is 36.5 Å². The molecular formula is C18H23N3O3. The molecule has 0 fully saturated rings. The number of aliphatic hydroxyl groups is 1. The molecule has 1 aliphatic heterocycles. The molecule has 0 saturated heterocycles. The molecule has 24 heavy (non-hydrogen) atoms. The highest BCUT2D eigenvalue weighted by Crippen LogP contribution is 2.17. The van der Waals surface area contributed by atoms with E-state index in [1.165, 1.54) is 0 Å². The third-order valence-corrected chi connectivity index (χ3v) is 4.22. The summed E-state index contributed by atoms with van der Waals surface area (Å²) in [4.78, 5) is 16.9. The van der Waals surface area contributed by atoms with Gasteiger partial charge < -0.3 is 19.7 Å². The molecule has 2 atom stereocenters. The van der Waals surface area contributed by atoms with Crippen molar-refractivity contribution in [2.45, 2.75) is 52.0 Å². The van der Waals surface area contributed by atoms with Crippen LogP contribution in [0.1, 0.15) is 30.4 Å². The van der Waals surface area contributed by atoms with E-state index < -0.39 is 6.10 Å². The zero-order valence-corrected chi connectivity index (χ0v) is 14.0. The molecule has 2 N–H and O–H groups in total. The van der Waals surface area contributed by atoms with Gasteiger partial charge in [-0.1, -0.05) is 12.1 Å². The summed E-state index contributed by atoms with van der Waals surface area (Å²) >= 11 is 0. The summed E-state index contributed by atoms with van der Waals surface area (Å²) in [6, 6.07) is 7.22. The number of imidazole rings is 1. The Morgan fingerprint density at radius 1 is 1.54 bits per heavy atom. The number of rotatable bonds is 5. The van der Waals surface area contributed by atoms with Crippen LogP contribution in [-0.2, 0) is 24.4 Å². The molecule has 128 valence electrons. The van der Waals surface area contributed by atoms with Crippen LogP contribution in [-0.4, -0.2) is 32.7 Å². The SMILES string of the molecule is Cc1cn2c(n1)CCC(NC(=O)C(C)Oc1cccc(CO)c1)C2. The normalized spacial score (nSPS) is 17.9. The lowest BCUT2D eigenvalue weighted by molar-refractivity contribution is -0.128. The topological polar surface area (TPSA) is 76.4 Å². The fourth-order valence-corrected chi connectivity index (χ4v) is 3.00. The molecule has 6 nitrogen and oxygen atoms in total. The average molecular weight is 329 g/mol. The van der Waals surface area contributed by atoms with Crippen molar-refractivity contribution >= 4 is 5.91 Å². The Kier molecular flexibility index (Phi) is 4.85. The van der Waals surface area contributed by atoms with Crippen molar-refractivity contribution in [2.24, 2.45) is 0 Å². The van der Waals surface area contributed by atoms with Crippen LogP contribution in [0.4, 0.5) is 0 Å². The number of ether oxygens (including phenoxy) is 1. The van der Waals surface area contributed by atoms with Gasteiger partial charge in [0.2, 0.25) is 0 Å². The average Bonchev–Trinajstić information content (AvgIpc) is 2.94. The minimum Gasteiger partial charge on any atom is -0.481 e. The number of hydrogen-bond donors (Lipinski definition) is 2. The molecule has 0 radical (unpaired) electrons. The molecule has 1 aromatic heterocycles. The lowest BCUT2D eigenvalue weighted by Gasteiger charge is -2.26. The molecule has 1 aliphatic rings. The molecular weight excluding hydrogens is 306 g/mol. The number of hydrogen-bond acceptors (Lipinski definition) is 4. The van der Waals surface area contributed by atoms with Gasteiger partial charge in [-0.2, -0.15) is 0 Å². The Bertz CT molecular complexity index is 726. The first-order chi connectivity index (χ1) is 11.5. The second kappa shape index (κ2) is 7.05. The van der Waals surface area contributed by atoms with Crippen molar-refractivity contribution in [3.8, 4) is 5.75 Å². The van der Waals surface area contributed by atoms with E-state index in [2.05, 4.69) is 14.9 Å². The highest BCUT2D eigenvalue weighted by atomic mass is 16.5. The molecule has 3 rings (SSSR count). The fourth-order valence-electron chi connectivity index (χ4n) is 3.00. The fraction of sp³-hybridized carbons (Fsp3) is 0.444. The van der Waals surface area contributed by atoms with Gasteiger partial charge in [-0.15, -0.1) is 0 Å². The smallest absolute Gasteiger partial charge is 0.261 e. The number of carbonyl (C=O) groups excluding carboxylic acids is 1. The maximum Gasteiger partial charge on any atom is 0.261 e. The summed E-state index contributed by atoms with van der Waals surface area (Å²) in [7, 11) is 0. The van der Waals surface area contributed by atoms with Crippen molar-refractivity contribution in [3.63, 3.8) is 0 Å². The van der Waals surface area contributed by atoms with Gasteiger partial charge in [-0.25, -0.2) is 4.98 Å². The van der Waals surface area contributed by atoms with Gasteiger partial charge in [0.15, 0.2) is 6.10 Å². The minimum absolute atomic E-state index is 0.0491. The Morgan fingerprint density at radius 2 is 2.38 bits per heavy atom. The van der Waals surface area contributed by atoms with Crippen LogP contribution in [0.25, 0.3) is 0 Å². The Hall–Kier alpha value is -2.34. The molecule has 2 aromatic rings. The Balaban J connectivity index is 1.56. The van der Waals surface area contributed by atoms with Gasteiger partial charge in [-0.05, 0) is 38.0 Å². The van der Waals surface area contributed by atoms with Crippen LogP contribution < -0.4 is 10.1 Å². The van der Waals surface area contributed by atoms with Crippen molar-refractivity contribution in [1.29, 1.82) is 0 Å². The van der Waals surface area contributed by atoms with Crippen molar-refractivity contribution in [2.75, 3.05) is 0 Å². The summed E-state index contributed by atoms with van der Waals surface area (Å²) in [6.45, 7) is 4.41. The summed E-state index contributed by atoms with van der Waals surface area (Å²) in [5.41, 5.74) is 1.77. The number of nitrogens with one attached hydrogen (secondary N) is 1. The Morgan fingerprint density at radius 3 is 3.17 bits per heavy atom. The number of fused-ring (bicyclic) bond motifs is 1. The highest BCUT2D eigenvalue weighted by molar-refractivity contribution is 5.81. The minimum atomic E-state index is -0.593. The van der Waals surface area contributed by atoms with E-state index in [4.69, 9.17) is 9.84 Å². The molecule has 0 spiro atoms. The van der Waals surface area contributed by atoms with Crippen LogP contribution >= 0.6 is 0 Å². The maximum absolute atomic E-state index is 12.4. The van der Waals surface area contributed by atoms with Crippen LogP contribution in [0.3, 0.4) is 0 Å². The summed E-state index contributed by atoms with van der Waals surface area (Å²) in [5, 5.41) is 12.2. The van der Waals surface area contributed by atoms with Gasteiger partial charge in [0.1, 0.15) is 11.6 Å². The molecule has 2 unspecified atom stereocenters. The van der Waals surface area contributed by atoms with Gasteiger partial charge >= 0.3 is 0 Å². The molecule has 6 heteroatoms. The summed E-state index contributed by atoms with van der Waals surface area (Å²) < 4.78 is 7.80. The second-order valence-electron chi connectivity index (χ2n) is 6.26. The molecule has 1 amide bonds. The van der Waals surface area contributed by atoms with Gasteiger partial charge in [0.25, 0.3) is 5.91 Å².